The summed E-state index contributed by atoms with van der Waals surface area (Å²) in [6, 6.07) is 0. The average molecular weight is 863 g/mol. The maximum absolute atomic E-state index is 12.8. The summed E-state index contributed by atoms with van der Waals surface area (Å²) in [6.07, 6.45) is 46.6. The van der Waals surface area contributed by atoms with E-state index >= 15 is 0 Å². The summed E-state index contributed by atoms with van der Waals surface area (Å²) in [4.78, 5) is 38.0. The van der Waals surface area contributed by atoms with Crippen LogP contribution >= 0.6 is 0 Å². The highest BCUT2D eigenvalue weighted by Crippen LogP contribution is 2.18. The first-order chi connectivity index (χ1) is 29.6. The predicted molar refractivity (Wildman–Crippen MR) is 261 cm³/mol. The van der Waals surface area contributed by atoms with Crippen molar-refractivity contribution in [3.63, 3.8) is 0 Å². The van der Waals surface area contributed by atoms with Gasteiger partial charge in [0.15, 0.2) is 6.10 Å². The van der Waals surface area contributed by atoms with Crippen molar-refractivity contribution in [3.8, 4) is 0 Å². The molecule has 0 fully saturated rings. The lowest BCUT2D eigenvalue weighted by Gasteiger charge is -2.18. The molecule has 0 aliphatic carbocycles. The van der Waals surface area contributed by atoms with E-state index in [1.54, 1.807) is 0 Å². The molecule has 0 heterocycles. The Hall–Kier alpha value is -1.59. The molecular formula is C55H106O6. The summed E-state index contributed by atoms with van der Waals surface area (Å²) in [6.45, 7) is 13.7. The van der Waals surface area contributed by atoms with Crippen molar-refractivity contribution in [2.75, 3.05) is 13.2 Å². The van der Waals surface area contributed by atoms with Crippen LogP contribution in [0.5, 0.6) is 0 Å². The van der Waals surface area contributed by atoms with Crippen LogP contribution in [-0.4, -0.2) is 37.2 Å². The summed E-state index contributed by atoms with van der Waals surface area (Å²) < 4.78 is 16.8. The third-order valence-corrected chi connectivity index (χ3v) is 12.8. The van der Waals surface area contributed by atoms with Crippen molar-refractivity contribution >= 4 is 17.9 Å². The van der Waals surface area contributed by atoms with E-state index in [1.165, 1.54) is 180 Å². The molecule has 0 aromatic heterocycles. The summed E-state index contributed by atoms with van der Waals surface area (Å²) in [7, 11) is 0. The maximum atomic E-state index is 12.8. The maximum Gasteiger partial charge on any atom is 0.306 e. The van der Waals surface area contributed by atoms with Crippen LogP contribution in [0.1, 0.15) is 298 Å². The molecule has 0 amide bonds. The number of hydrogen-bond acceptors (Lipinski definition) is 6. The summed E-state index contributed by atoms with van der Waals surface area (Å²) in [5.74, 6) is 1.67. The topological polar surface area (TPSA) is 78.9 Å². The molecule has 0 aromatic rings. The number of hydrogen-bond donors (Lipinski definition) is 0. The molecule has 0 aliphatic rings. The Kier molecular flexibility index (Phi) is 45.2. The van der Waals surface area contributed by atoms with E-state index in [0.717, 1.165) is 75.5 Å². The normalized spacial score (nSPS) is 12.6. The minimum atomic E-state index is -0.763. The second-order valence-electron chi connectivity index (χ2n) is 20.1. The van der Waals surface area contributed by atoms with E-state index in [-0.39, 0.29) is 31.1 Å². The van der Waals surface area contributed by atoms with Crippen LogP contribution in [0.2, 0.25) is 0 Å². The van der Waals surface area contributed by atoms with E-state index < -0.39 is 6.10 Å². The minimum Gasteiger partial charge on any atom is -0.462 e. The number of unbranched alkanes of at least 4 members (excludes halogenated alkanes) is 30. The van der Waals surface area contributed by atoms with Crippen molar-refractivity contribution in [1.29, 1.82) is 0 Å². The van der Waals surface area contributed by atoms with Crippen LogP contribution in [-0.2, 0) is 28.6 Å². The number of carbonyl (C=O) groups excluding carboxylic acids is 3. The van der Waals surface area contributed by atoms with Crippen LogP contribution < -0.4 is 0 Å². The fraction of sp³-hybridized carbons (Fsp3) is 0.945. The Morgan fingerprint density at radius 1 is 0.328 bits per heavy atom. The second-order valence-corrected chi connectivity index (χ2v) is 20.1. The molecular weight excluding hydrogens is 757 g/mol. The van der Waals surface area contributed by atoms with E-state index in [9.17, 15) is 14.4 Å². The van der Waals surface area contributed by atoms with Gasteiger partial charge in [-0.3, -0.25) is 14.4 Å². The first-order valence-corrected chi connectivity index (χ1v) is 27.1. The molecule has 6 heteroatoms. The number of ether oxygens (including phenoxy) is 3. The van der Waals surface area contributed by atoms with Gasteiger partial charge in [0.05, 0.1) is 0 Å². The molecule has 2 atom stereocenters. The molecule has 0 rings (SSSR count). The van der Waals surface area contributed by atoms with Crippen LogP contribution in [0.4, 0.5) is 0 Å². The molecule has 0 saturated carbocycles. The molecule has 1 unspecified atom stereocenters. The van der Waals surface area contributed by atoms with Crippen molar-refractivity contribution in [2.24, 2.45) is 17.8 Å². The quantitative estimate of drug-likeness (QED) is 0.0344. The SMILES string of the molecule is CCC(C)CCCCCCCCCCCCC(=O)O[C@H](COC(=O)CCCCCCCCCCCCCCCCC(C)C)COC(=O)CCCCCCCCCCCC(C)C. The highest BCUT2D eigenvalue weighted by atomic mass is 16.6. The number of esters is 3. The van der Waals surface area contributed by atoms with Crippen molar-refractivity contribution in [1.82, 2.24) is 0 Å². The van der Waals surface area contributed by atoms with E-state index in [2.05, 4.69) is 41.5 Å². The predicted octanol–water partition coefficient (Wildman–Crippen LogP) is 17.6. The average Bonchev–Trinajstić information content (AvgIpc) is 3.23. The fourth-order valence-electron chi connectivity index (χ4n) is 8.26. The van der Waals surface area contributed by atoms with Crippen LogP contribution in [0.3, 0.4) is 0 Å². The molecule has 0 spiro atoms. The van der Waals surface area contributed by atoms with Gasteiger partial charge in [0.1, 0.15) is 13.2 Å². The lowest BCUT2D eigenvalue weighted by Crippen LogP contribution is -2.30. The summed E-state index contributed by atoms with van der Waals surface area (Å²) in [5.41, 5.74) is 0. The second kappa shape index (κ2) is 46.4. The van der Waals surface area contributed by atoms with Crippen LogP contribution in [0.25, 0.3) is 0 Å². The standard InChI is InChI=1S/C55H106O6/c1-7-51(6)43-37-31-25-19-14-15-21-28-34-40-46-55(58)61-52(48-60-54(57)45-39-33-27-22-16-18-24-30-36-42-50(4)5)47-59-53(56)44-38-32-26-20-13-11-9-8-10-12-17-23-29-35-41-49(2)3/h49-52H,7-48H2,1-6H3/t51?,52-/m1/s1. The zero-order valence-corrected chi connectivity index (χ0v) is 42.0. The van der Waals surface area contributed by atoms with Gasteiger partial charge >= 0.3 is 17.9 Å². The first-order valence-electron chi connectivity index (χ1n) is 27.1. The molecule has 61 heavy (non-hydrogen) atoms. The Bertz CT molecular complexity index is 947. The molecule has 362 valence electrons. The Morgan fingerprint density at radius 3 is 0.852 bits per heavy atom. The number of rotatable bonds is 48. The molecule has 0 aromatic carbocycles. The first kappa shape index (κ1) is 59.4. The monoisotopic (exact) mass is 863 g/mol. The van der Waals surface area contributed by atoms with E-state index in [4.69, 9.17) is 14.2 Å². The lowest BCUT2D eigenvalue weighted by atomic mass is 9.99. The fourth-order valence-corrected chi connectivity index (χ4v) is 8.26. The molecule has 0 aliphatic heterocycles. The Labute approximate surface area is 380 Å². The van der Waals surface area contributed by atoms with Gasteiger partial charge in [0, 0.05) is 19.3 Å². The Morgan fingerprint density at radius 2 is 0.574 bits per heavy atom. The third kappa shape index (κ3) is 47.7. The summed E-state index contributed by atoms with van der Waals surface area (Å²) >= 11 is 0. The zero-order valence-electron chi connectivity index (χ0n) is 42.0. The smallest absolute Gasteiger partial charge is 0.306 e. The van der Waals surface area contributed by atoms with Gasteiger partial charge in [-0.25, -0.2) is 0 Å². The highest BCUT2D eigenvalue weighted by molar-refractivity contribution is 5.71. The molecule has 0 bridgehead atoms. The molecule has 0 radical (unpaired) electrons. The van der Waals surface area contributed by atoms with Crippen LogP contribution in [0.15, 0.2) is 0 Å². The van der Waals surface area contributed by atoms with E-state index in [0.29, 0.717) is 19.3 Å². The molecule has 0 saturated heterocycles. The Balaban J connectivity index is 4.31. The third-order valence-electron chi connectivity index (χ3n) is 12.8. The van der Waals surface area contributed by atoms with Gasteiger partial charge in [0.2, 0.25) is 0 Å². The number of carbonyl (C=O) groups is 3. The molecule has 6 nitrogen and oxygen atoms in total. The largest absolute Gasteiger partial charge is 0.462 e. The van der Waals surface area contributed by atoms with E-state index in [1.807, 2.05) is 0 Å². The van der Waals surface area contributed by atoms with Crippen molar-refractivity contribution in [3.05, 3.63) is 0 Å². The minimum absolute atomic E-state index is 0.0644. The van der Waals surface area contributed by atoms with Gasteiger partial charge in [-0.2, -0.15) is 0 Å². The van der Waals surface area contributed by atoms with Gasteiger partial charge in [-0.1, -0.05) is 260 Å². The lowest BCUT2D eigenvalue weighted by molar-refractivity contribution is -0.167. The molecule has 0 N–H and O–H groups in total. The van der Waals surface area contributed by atoms with Gasteiger partial charge in [0.25, 0.3) is 0 Å². The van der Waals surface area contributed by atoms with Crippen molar-refractivity contribution in [2.45, 2.75) is 304 Å². The highest BCUT2D eigenvalue weighted by Gasteiger charge is 2.19. The van der Waals surface area contributed by atoms with Gasteiger partial charge in [-0.05, 0) is 37.0 Å². The zero-order chi connectivity index (χ0) is 44.9. The van der Waals surface area contributed by atoms with Crippen LogP contribution in [0, 0.1) is 17.8 Å². The van der Waals surface area contributed by atoms with Crippen molar-refractivity contribution < 1.29 is 28.6 Å². The summed E-state index contributed by atoms with van der Waals surface area (Å²) in [5, 5.41) is 0. The van der Waals surface area contributed by atoms with Gasteiger partial charge < -0.3 is 14.2 Å². The van der Waals surface area contributed by atoms with Gasteiger partial charge in [-0.15, -0.1) is 0 Å².